The maximum Gasteiger partial charge on any atom is 0.236 e. The van der Waals surface area contributed by atoms with Crippen molar-refractivity contribution in [1.29, 1.82) is 0 Å². The van der Waals surface area contributed by atoms with Gasteiger partial charge in [-0.1, -0.05) is 103 Å². The number of benzene rings is 7. The van der Waals surface area contributed by atoms with Crippen molar-refractivity contribution in [3.63, 3.8) is 0 Å². The van der Waals surface area contributed by atoms with Gasteiger partial charge in [-0.2, -0.15) is 0 Å². The van der Waals surface area contributed by atoms with E-state index in [2.05, 4.69) is 118 Å². The number of para-hydroxylation sites is 3. The number of hydrogen-bond donors (Lipinski definition) is 0. The molecule has 0 aliphatic carbocycles. The third-order valence-corrected chi connectivity index (χ3v) is 10.4. The SMILES string of the molecule is c1ccc(-c2nc(-n3c4ccccc4c4cc5c6ccccc6n6c7cc8ccccc8cc7c(c43)c56)nc3c2oc2ccccc23)cc1. The van der Waals surface area contributed by atoms with E-state index in [-0.39, 0.29) is 0 Å². The largest absolute Gasteiger partial charge is 0.452 e. The van der Waals surface area contributed by atoms with Crippen LogP contribution in [0.2, 0.25) is 0 Å². The predicted molar refractivity (Wildman–Crippen MR) is 201 cm³/mol. The Morgan fingerprint density at radius 3 is 1.96 bits per heavy atom. The van der Waals surface area contributed by atoms with E-state index in [0.717, 1.165) is 38.8 Å². The minimum atomic E-state index is 0.622. The van der Waals surface area contributed by atoms with E-state index in [9.17, 15) is 0 Å². The summed E-state index contributed by atoms with van der Waals surface area (Å²) in [5, 5.41) is 10.7. The van der Waals surface area contributed by atoms with Gasteiger partial charge in [0.15, 0.2) is 5.58 Å². The van der Waals surface area contributed by atoms with Gasteiger partial charge in [-0.3, -0.25) is 4.57 Å². The molecule has 0 saturated heterocycles. The van der Waals surface area contributed by atoms with Crippen molar-refractivity contribution in [2.45, 2.75) is 0 Å². The molecule has 0 unspecified atom stereocenters. The van der Waals surface area contributed by atoms with E-state index in [4.69, 9.17) is 14.4 Å². The van der Waals surface area contributed by atoms with Crippen LogP contribution in [0.1, 0.15) is 0 Å². The van der Waals surface area contributed by atoms with Gasteiger partial charge < -0.3 is 8.82 Å². The summed E-state index contributed by atoms with van der Waals surface area (Å²) in [5.74, 6) is 0.622. The molecule has 0 saturated carbocycles. The van der Waals surface area contributed by atoms with Crippen LogP contribution in [-0.2, 0) is 0 Å². The minimum Gasteiger partial charge on any atom is -0.452 e. The van der Waals surface area contributed by atoms with Crippen molar-refractivity contribution < 1.29 is 4.42 Å². The van der Waals surface area contributed by atoms with Crippen LogP contribution in [0.5, 0.6) is 0 Å². The molecular formula is C44H24N4O. The van der Waals surface area contributed by atoms with E-state index in [1.165, 1.54) is 59.6 Å². The quantitative estimate of drug-likeness (QED) is 0.192. The fourth-order valence-electron chi connectivity index (χ4n) is 8.37. The zero-order chi connectivity index (χ0) is 31.8. The molecule has 7 aromatic carbocycles. The van der Waals surface area contributed by atoms with Gasteiger partial charge >= 0.3 is 0 Å². The Balaban J connectivity index is 1.34. The predicted octanol–water partition coefficient (Wildman–Crippen LogP) is 11.4. The van der Waals surface area contributed by atoms with Crippen molar-refractivity contribution in [1.82, 2.24) is 18.9 Å². The summed E-state index contributed by atoms with van der Waals surface area (Å²) >= 11 is 0. The van der Waals surface area contributed by atoms with Gasteiger partial charge in [-0.25, -0.2) is 9.97 Å². The maximum absolute atomic E-state index is 6.48. The fraction of sp³-hybridized carbons (Fsp3) is 0. The van der Waals surface area contributed by atoms with Crippen molar-refractivity contribution >= 4 is 92.7 Å². The molecule has 5 nitrogen and oxygen atoms in total. The second-order valence-corrected chi connectivity index (χ2v) is 13.0. The number of rotatable bonds is 2. The van der Waals surface area contributed by atoms with Crippen LogP contribution in [0, 0.1) is 0 Å². The molecule has 5 aromatic heterocycles. The average Bonchev–Trinajstić information content (AvgIpc) is 3.89. The number of hydrogen-bond acceptors (Lipinski definition) is 3. The lowest BCUT2D eigenvalue weighted by atomic mass is 10.0. The monoisotopic (exact) mass is 624 g/mol. The van der Waals surface area contributed by atoms with Crippen LogP contribution in [0.25, 0.3) is 110 Å². The van der Waals surface area contributed by atoms with Gasteiger partial charge in [-0.05, 0) is 53.2 Å². The summed E-state index contributed by atoms with van der Waals surface area (Å²) in [6, 6.07) is 51.6. The molecule has 0 amide bonds. The Labute approximate surface area is 278 Å². The molecule has 5 heteroatoms. The van der Waals surface area contributed by atoms with E-state index in [1.54, 1.807) is 0 Å². The molecule has 0 spiro atoms. The van der Waals surface area contributed by atoms with Gasteiger partial charge in [0.25, 0.3) is 0 Å². The highest BCUT2D eigenvalue weighted by molar-refractivity contribution is 6.34. The first-order valence-corrected chi connectivity index (χ1v) is 16.6. The zero-order valence-corrected chi connectivity index (χ0v) is 26.1. The first kappa shape index (κ1) is 25.4. The summed E-state index contributed by atoms with van der Waals surface area (Å²) in [5.41, 5.74) is 9.88. The summed E-state index contributed by atoms with van der Waals surface area (Å²) in [4.78, 5) is 10.7. The van der Waals surface area contributed by atoms with Crippen LogP contribution >= 0.6 is 0 Å². The van der Waals surface area contributed by atoms with E-state index in [1.807, 2.05) is 36.4 Å². The third-order valence-electron chi connectivity index (χ3n) is 10.4. The summed E-state index contributed by atoms with van der Waals surface area (Å²) in [7, 11) is 0. The first-order valence-electron chi connectivity index (χ1n) is 16.6. The first-order chi connectivity index (χ1) is 24.3. The molecule has 49 heavy (non-hydrogen) atoms. The van der Waals surface area contributed by atoms with Crippen molar-refractivity contribution in [2.24, 2.45) is 0 Å². The number of nitrogens with zero attached hydrogens (tertiary/aromatic N) is 4. The Hall–Kier alpha value is -6.72. The van der Waals surface area contributed by atoms with Gasteiger partial charge in [0.2, 0.25) is 5.95 Å². The Bertz CT molecular complexity index is 3330. The lowest BCUT2D eigenvalue weighted by Crippen LogP contribution is -2.03. The van der Waals surface area contributed by atoms with E-state index in [0.29, 0.717) is 11.5 Å². The van der Waals surface area contributed by atoms with E-state index < -0.39 is 0 Å². The van der Waals surface area contributed by atoms with Crippen LogP contribution in [0.4, 0.5) is 0 Å². The van der Waals surface area contributed by atoms with Gasteiger partial charge in [0.05, 0.1) is 27.6 Å². The highest BCUT2D eigenvalue weighted by Crippen LogP contribution is 2.47. The van der Waals surface area contributed by atoms with Crippen LogP contribution in [-0.4, -0.2) is 18.9 Å². The van der Waals surface area contributed by atoms with Crippen LogP contribution in [0.15, 0.2) is 150 Å². The molecule has 0 bridgehead atoms. The zero-order valence-electron chi connectivity index (χ0n) is 26.1. The third kappa shape index (κ3) is 3.19. The molecular weight excluding hydrogens is 601 g/mol. The molecule has 12 aromatic rings. The standard InChI is InChI=1S/C44H24N4O/c1-2-12-25(13-3-1)39-43-40(30-18-8-11-21-37(30)49-43)46-44(45-39)48-35-20-10-7-17-29(35)32-24-31-28-16-6-9-19-34(28)47-36-23-27-15-5-4-14-26(27)22-33(36)38(41(31)47)42(32)48/h1-24H. The molecule has 0 radical (unpaired) electrons. The van der Waals surface area contributed by atoms with E-state index >= 15 is 0 Å². The molecule has 0 atom stereocenters. The number of fused-ring (bicyclic) bond motifs is 14. The Morgan fingerprint density at radius 2 is 1.12 bits per heavy atom. The smallest absolute Gasteiger partial charge is 0.236 e. The Morgan fingerprint density at radius 1 is 0.469 bits per heavy atom. The lowest BCUT2D eigenvalue weighted by molar-refractivity contribution is 0.666. The fourth-order valence-corrected chi connectivity index (χ4v) is 8.37. The minimum absolute atomic E-state index is 0.622. The molecule has 0 fully saturated rings. The molecule has 0 N–H and O–H groups in total. The Kier molecular flexibility index (Phi) is 4.66. The summed E-state index contributed by atoms with van der Waals surface area (Å²) in [6.45, 7) is 0. The van der Waals surface area contributed by atoms with Crippen LogP contribution in [0.3, 0.4) is 0 Å². The van der Waals surface area contributed by atoms with Crippen LogP contribution < -0.4 is 0 Å². The van der Waals surface area contributed by atoms with Crippen molar-refractivity contribution in [2.75, 3.05) is 0 Å². The van der Waals surface area contributed by atoms with Crippen molar-refractivity contribution in [3.05, 3.63) is 146 Å². The highest BCUT2D eigenvalue weighted by Gasteiger charge is 2.26. The molecule has 5 heterocycles. The normalized spacial score (nSPS) is 12.5. The topological polar surface area (TPSA) is 48.3 Å². The second-order valence-electron chi connectivity index (χ2n) is 13.0. The van der Waals surface area contributed by atoms with Crippen molar-refractivity contribution in [3.8, 4) is 17.2 Å². The molecule has 226 valence electrons. The van der Waals surface area contributed by atoms with Gasteiger partial charge in [-0.15, -0.1) is 0 Å². The number of furan rings is 1. The van der Waals surface area contributed by atoms with Gasteiger partial charge in [0.1, 0.15) is 16.8 Å². The maximum atomic E-state index is 6.48. The molecule has 12 rings (SSSR count). The average molecular weight is 625 g/mol. The van der Waals surface area contributed by atoms with Gasteiger partial charge in [0, 0.05) is 43.3 Å². The second kappa shape index (κ2) is 9.00. The highest BCUT2D eigenvalue weighted by atomic mass is 16.3. The summed E-state index contributed by atoms with van der Waals surface area (Å²) in [6.07, 6.45) is 0. The lowest BCUT2D eigenvalue weighted by Gasteiger charge is -2.10. The summed E-state index contributed by atoms with van der Waals surface area (Å²) < 4.78 is 11.2. The molecule has 0 aliphatic rings. The number of aromatic nitrogens is 4. The molecule has 0 aliphatic heterocycles.